The lowest BCUT2D eigenvalue weighted by Crippen LogP contribution is -2.10. The zero-order valence-electron chi connectivity index (χ0n) is 17.8. The molecule has 150 valence electrons. The van der Waals surface area contributed by atoms with Crippen molar-refractivity contribution in [2.24, 2.45) is 0 Å². The van der Waals surface area contributed by atoms with Crippen molar-refractivity contribution in [1.82, 2.24) is 4.98 Å². The third kappa shape index (κ3) is 3.80. The Bertz CT molecular complexity index is 1280. The Balaban J connectivity index is 1.67. The van der Waals surface area contributed by atoms with E-state index in [1.54, 1.807) is 0 Å². The van der Waals surface area contributed by atoms with Crippen LogP contribution in [0.25, 0.3) is 22.0 Å². The topological polar surface area (TPSA) is 16.1 Å². The van der Waals surface area contributed by atoms with Crippen molar-refractivity contribution in [3.05, 3.63) is 120 Å². The van der Waals surface area contributed by atoms with Gasteiger partial charge in [-0.2, -0.15) is 0 Å². The molecule has 4 aromatic carbocycles. The molecule has 1 aromatic heterocycles. The minimum atomic E-state index is 1.01. The first-order valence-corrected chi connectivity index (χ1v) is 10.6. The third-order valence-electron chi connectivity index (χ3n) is 5.64. The van der Waals surface area contributed by atoms with E-state index >= 15 is 0 Å². The lowest BCUT2D eigenvalue weighted by Gasteiger charge is -2.26. The number of rotatable bonds is 4. The van der Waals surface area contributed by atoms with Crippen LogP contribution in [0.2, 0.25) is 0 Å². The molecule has 2 heteroatoms. The average Bonchev–Trinajstić information content (AvgIpc) is 2.81. The Morgan fingerprint density at radius 1 is 0.581 bits per heavy atom. The van der Waals surface area contributed by atoms with Gasteiger partial charge < -0.3 is 4.90 Å². The van der Waals surface area contributed by atoms with Crippen molar-refractivity contribution in [2.45, 2.75) is 13.8 Å². The first-order valence-electron chi connectivity index (χ1n) is 10.6. The summed E-state index contributed by atoms with van der Waals surface area (Å²) in [5.74, 6) is 0. The van der Waals surface area contributed by atoms with Gasteiger partial charge in [-0.05, 0) is 61.7 Å². The smallest absolute Gasteiger partial charge is 0.0781 e. The summed E-state index contributed by atoms with van der Waals surface area (Å²) in [6, 6.07) is 36.5. The summed E-state index contributed by atoms with van der Waals surface area (Å²) in [4.78, 5) is 7.03. The van der Waals surface area contributed by atoms with Gasteiger partial charge in [-0.15, -0.1) is 0 Å². The number of hydrogen-bond donors (Lipinski definition) is 0. The highest BCUT2D eigenvalue weighted by molar-refractivity contribution is 5.95. The molecule has 0 saturated heterocycles. The molecule has 0 aliphatic carbocycles. The minimum Gasteiger partial charge on any atom is -0.310 e. The summed E-state index contributed by atoms with van der Waals surface area (Å²) >= 11 is 0. The summed E-state index contributed by atoms with van der Waals surface area (Å²) in [5.41, 5.74) is 8.00. The van der Waals surface area contributed by atoms with Crippen LogP contribution >= 0.6 is 0 Å². The largest absolute Gasteiger partial charge is 0.310 e. The fourth-order valence-corrected chi connectivity index (χ4v) is 3.98. The quantitative estimate of drug-likeness (QED) is 0.304. The normalized spacial score (nSPS) is 10.9. The van der Waals surface area contributed by atoms with E-state index in [1.807, 2.05) is 6.20 Å². The maximum absolute atomic E-state index is 4.73. The number of pyridine rings is 1. The molecule has 0 N–H and O–H groups in total. The van der Waals surface area contributed by atoms with E-state index in [4.69, 9.17) is 4.98 Å². The molecule has 0 fully saturated rings. The van der Waals surface area contributed by atoms with Crippen LogP contribution in [0.3, 0.4) is 0 Å². The van der Waals surface area contributed by atoms with Crippen LogP contribution in [-0.2, 0) is 0 Å². The molecule has 0 radical (unpaired) electrons. The van der Waals surface area contributed by atoms with E-state index in [-0.39, 0.29) is 0 Å². The molecule has 0 amide bonds. The second kappa shape index (κ2) is 8.08. The van der Waals surface area contributed by atoms with E-state index in [9.17, 15) is 0 Å². The standard InChI is InChI=1S/C29H24N2/c1-21-10-14-25(15-11-21)31(26-16-12-22(2)13-17-26)27-8-5-7-24(20-27)29-28-9-4-3-6-23(28)18-19-30-29/h3-20H,1-2H3. The molecule has 0 spiro atoms. The monoisotopic (exact) mass is 400 g/mol. The van der Waals surface area contributed by atoms with E-state index in [0.29, 0.717) is 0 Å². The van der Waals surface area contributed by atoms with Crippen LogP contribution < -0.4 is 4.90 Å². The van der Waals surface area contributed by atoms with Gasteiger partial charge in [0.15, 0.2) is 0 Å². The predicted molar refractivity (Wildman–Crippen MR) is 131 cm³/mol. The number of anilines is 3. The van der Waals surface area contributed by atoms with Crippen molar-refractivity contribution in [1.29, 1.82) is 0 Å². The van der Waals surface area contributed by atoms with Crippen LogP contribution in [-0.4, -0.2) is 4.98 Å². The Hall–Kier alpha value is -3.91. The molecule has 2 nitrogen and oxygen atoms in total. The maximum atomic E-state index is 4.73. The van der Waals surface area contributed by atoms with Crippen LogP contribution in [0, 0.1) is 13.8 Å². The Kier molecular flexibility index (Phi) is 4.97. The molecule has 5 rings (SSSR count). The van der Waals surface area contributed by atoms with Gasteiger partial charge in [0, 0.05) is 34.2 Å². The first-order chi connectivity index (χ1) is 15.2. The first kappa shape index (κ1) is 19.1. The molecular formula is C29H24N2. The van der Waals surface area contributed by atoms with Crippen LogP contribution in [0.4, 0.5) is 17.1 Å². The molecule has 31 heavy (non-hydrogen) atoms. The van der Waals surface area contributed by atoms with Crippen molar-refractivity contribution in [3.8, 4) is 11.3 Å². The second-order valence-corrected chi connectivity index (χ2v) is 7.94. The molecular weight excluding hydrogens is 376 g/mol. The van der Waals surface area contributed by atoms with Crippen LogP contribution in [0.5, 0.6) is 0 Å². The van der Waals surface area contributed by atoms with E-state index in [2.05, 4.69) is 122 Å². The molecule has 0 atom stereocenters. The fraction of sp³-hybridized carbons (Fsp3) is 0.0690. The summed E-state index contributed by atoms with van der Waals surface area (Å²) in [6.45, 7) is 4.24. The highest BCUT2D eigenvalue weighted by Crippen LogP contribution is 2.37. The number of nitrogens with zero attached hydrogens (tertiary/aromatic N) is 2. The number of aromatic nitrogens is 1. The molecule has 0 bridgehead atoms. The summed E-state index contributed by atoms with van der Waals surface area (Å²) in [5, 5.41) is 2.37. The van der Waals surface area contributed by atoms with E-state index in [1.165, 1.54) is 21.9 Å². The number of hydrogen-bond acceptors (Lipinski definition) is 2. The highest BCUT2D eigenvalue weighted by atomic mass is 15.1. The van der Waals surface area contributed by atoms with Gasteiger partial charge in [0.1, 0.15) is 0 Å². The van der Waals surface area contributed by atoms with Crippen LogP contribution in [0.15, 0.2) is 109 Å². The number of fused-ring (bicyclic) bond motifs is 1. The average molecular weight is 401 g/mol. The van der Waals surface area contributed by atoms with Gasteiger partial charge in [0.25, 0.3) is 0 Å². The third-order valence-corrected chi connectivity index (χ3v) is 5.64. The number of benzene rings is 4. The zero-order chi connectivity index (χ0) is 21.2. The predicted octanol–water partition coefficient (Wildman–Crippen LogP) is 7.99. The number of aryl methyl sites for hydroxylation is 2. The summed E-state index contributed by atoms with van der Waals surface area (Å²) < 4.78 is 0. The van der Waals surface area contributed by atoms with Crippen LogP contribution in [0.1, 0.15) is 11.1 Å². The van der Waals surface area contributed by atoms with Gasteiger partial charge in [0.05, 0.1) is 5.69 Å². The molecule has 0 saturated carbocycles. The molecule has 0 aliphatic rings. The van der Waals surface area contributed by atoms with E-state index < -0.39 is 0 Å². The van der Waals surface area contributed by atoms with E-state index in [0.717, 1.165) is 28.3 Å². The lowest BCUT2D eigenvalue weighted by atomic mass is 10.0. The van der Waals surface area contributed by atoms with Crippen molar-refractivity contribution >= 4 is 27.8 Å². The Labute approximate surface area is 183 Å². The minimum absolute atomic E-state index is 1.01. The van der Waals surface area contributed by atoms with Gasteiger partial charge in [-0.3, -0.25) is 4.98 Å². The Morgan fingerprint density at radius 3 is 1.90 bits per heavy atom. The molecule has 0 aliphatic heterocycles. The van der Waals surface area contributed by atoms with Crippen molar-refractivity contribution < 1.29 is 0 Å². The summed E-state index contributed by atoms with van der Waals surface area (Å²) in [7, 11) is 0. The maximum Gasteiger partial charge on any atom is 0.0781 e. The lowest BCUT2D eigenvalue weighted by molar-refractivity contribution is 1.26. The van der Waals surface area contributed by atoms with Gasteiger partial charge in [0.2, 0.25) is 0 Å². The van der Waals surface area contributed by atoms with Gasteiger partial charge in [-0.25, -0.2) is 0 Å². The second-order valence-electron chi connectivity index (χ2n) is 7.94. The van der Waals surface area contributed by atoms with Gasteiger partial charge in [-0.1, -0.05) is 71.8 Å². The molecule has 5 aromatic rings. The summed E-state index contributed by atoms with van der Waals surface area (Å²) in [6.07, 6.45) is 1.89. The van der Waals surface area contributed by atoms with Crippen molar-refractivity contribution in [2.75, 3.05) is 4.90 Å². The van der Waals surface area contributed by atoms with Gasteiger partial charge >= 0.3 is 0 Å². The SMILES string of the molecule is Cc1ccc(N(c2ccc(C)cc2)c2cccc(-c3nccc4ccccc34)c2)cc1. The zero-order valence-corrected chi connectivity index (χ0v) is 17.8. The Morgan fingerprint density at radius 2 is 1.23 bits per heavy atom. The molecule has 0 unspecified atom stereocenters. The highest BCUT2D eigenvalue weighted by Gasteiger charge is 2.14. The fourth-order valence-electron chi connectivity index (χ4n) is 3.98. The molecule has 1 heterocycles. The van der Waals surface area contributed by atoms with Crippen molar-refractivity contribution in [3.63, 3.8) is 0 Å².